The highest BCUT2D eigenvalue weighted by Crippen LogP contribution is 2.10. The van der Waals surface area contributed by atoms with E-state index in [9.17, 15) is 4.79 Å². The molecule has 5 nitrogen and oxygen atoms in total. The van der Waals surface area contributed by atoms with Gasteiger partial charge in [-0.1, -0.05) is 11.6 Å². The molecule has 17 heavy (non-hydrogen) atoms. The van der Waals surface area contributed by atoms with Gasteiger partial charge in [-0.2, -0.15) is 0 Å². The van der Waals surface area contributed by atoms with Crippen LogP contribution in [0.5, 0.6) is 0 Å². The lowest BCUT2D eigenvalue weighted by molar-refractivity contribution is 0.102. The van der Waals surface area contributed by atoms with Gasteiger partial charge in [0.1, 0.15) is 4.60 Å². The number of nitrogens with one attached hydrogen (secondary N) is 1. The van der Waals surface area contributed by atoms with Crippen LogP contribution in [0.4, 0.5) is 5.82 Å². The smallest absolute Gasteiger partial charge is 0.258 e. The molecule has 1 N–H and O–H groups in total. The number of rotatable bonds is 2. The van der Waals surface area contributed by atoms with E-state index in [0.717, 1.165) is 0 Å². The molecule has 2 aromatic rings. The fourth-order valence-electron chi connectivity index (χ4n) is 1.08. The van der Waals surface area contributed by atoms with Gasteiger partial charge in [0.25, 0.3) is 5.91 Å². The van der Waals surface area contributed by atoms with E-state index >= 15 is 0 Å². The third kappa shape index (κ3) is 3.21. The van der Waals surface area contributed by atoms with Crippen molar-refractivity contribution in [3.63, 3.8) is 0 Å². The van der Waals surface area contributed by atoms with Crippen LogP contribution in [0.25, 0.3) is 0 Å². The lowest BCUT2D eigenvalue weighted by atomic mass is 10.3. The summed E-state index contributed by atoms with van der Waals surface area (Å²) in [6, 6.07) is 6.45. The highest BCUT2D eigenvalue weighted by Gasteiger charge is 2.07. The van der Waals surface area contributed by atoms with Gasteiger partial charge in [-0.25, -0.2) is 4.98 Å². The van der Waals surface area contributed by atoms with Crippen LogP contribution >= 0.6 is 27.5 Å². The van der Waals surface area contributed by atoms with Crippen molar-refractivity contribution in [1.82, 2.24) is 15.2 Å². The van der Waals surface area contributed by atoms with E-state index in [0.29, 0.717) is 16.0 Å². The van der Waals surface area contributed by atoms with E-state index in [1.807, 2.05) is 0 Å². The average Bonchev–Trinajstić information content (AvgIpc) is 2.33. The van der Waals surface area contributed by atoms with E-state index in [4.69, 9.17) is 11.6 Å². The van der Waals surface area contributed by atoms with Crippen molar-refractivity contribution in [2.24, 2.45) is 0 Å². The Balaban J connectivity index is 2.11. The molecule has 1 amide bonds. The SMILES string of the molecule is O=C(Nc1ccc(Cl)nn1)c1ccc(Br)nc1. The van der Waals surface area contributed by atoms with E-state index in [2.05, 4.69) is 36.4 Å². The molecular formula is C10H6BrClN4O. The molecule has 0 spiro atoms. The van der Waals surface area contributed by atoms with Crippen LogP contribution in [0.2, 0.25) is 5.15 Å². The molecule has 2 rings (SSSR count). The van der Waals surface area contributed by atoms with E-state index < -0.39 is 0 Å². The molecule has 0 aliphatic carbocycles. The van der Waals surface area contributed by atoms with Crippen molar-refractivity contribution in [2.75, 3.05) is 5.32 Å². The molecular weight excluding hydrogens is 307 g/mol. The summed E-state index contributed by atoms with van der Waals surface area (Å²) in [7, 11) is 0. The topological polar surface area (TPSA) is 67.8 Å². The van der Waals surface area contributed by atoms with Crippen molar-refractivity contribution in [2.45, 2.75) is 0 Å². The second-order valence-corrected chi connectivity index (χ2v) is 4.26. The molecule has 0 aliphatic rings. The largest absolute Gasteiger partial charge is 0.305 e. The van der Waals surface area contributed by atoms with Gasteiger partial charge in [0, 0.05) is 6.20 Å². The molecule has 7 heteroatoms. The standard InChI is InChI=1S/C10H6BrClN4O/c11-7-2-1-6(5-13-7)10(17)14-9-4-3-8(12)15-16-9/h1-5H,(H,14,16,17). The summed E-state index contributed by atoms with van der Waals surface area (Å²) < 4.78 is 0.667. The molecule has 86 valence electrons. The zero-order valence-corrected chi connectivity index (χ0v) is 10.7. The minimum Gasteiger partial charge on any atom is -0.305 e. The van der Waals surface area contributed by atoms with Gasteiger partial charge in [-0.15, -0.1) is 10.2 Å². The number of anilines is 1. The summed E-state index contributed by atoms with van der Waals surface area (Å²) >= 11 is 8.77. The van der Waals surface area contributed by atoms with Crippen LogP contribution < -0.4 is 5.32 Å². The fourth-order valence-corrected chi connectivity index (χ4v) is 1.42. The van der Waals surface area contributed by atoms with E-state index in [-0.39, 0.29) is 11.1 Å². The highest BCUT2D eigenvalue weighted by atomic mass is 79.9. The molecule has 0 saturated carbocycles. The van der Waals surface area contributed by atoms with E-state index in [1.165, 1.54) is 6.20 Å². The molecule has 0 aliphatic heterocycles. The molecule has 0 fully saturated rings. The molecule has 2 aromatic heterocycles. The summed E-state index contributed by atoms with van der Waals surface area (Å²) in [5.41, 5.74) is 0.435. The number of pyridine rings is 1. The summed E-state index contributed by atoms with van der Waals surface area (Å²) in [6.45, 7) is 0. The first-order valence-corrected chi connectivity index (χ1v) is 5.74. The van der Waals surface area contributed by atoms with Crippen LogP contribution in [0.15, 0.2) is 35.1 Å². The van der Waals surface area contributed by atoms with Gasteiger partial charge in [-0.05, 0) is 40.2 Å². The van der Waals surface area contributed by atoms with Gasteiger partial charge in [0.2, 0.25) is 0 Å². The second-order valence-electron chi connectivity index (χ2n) is 3.07. The first-order valence-electron chi connectivity index (χ1n) is 4.57. The van der Waals surface area contributed by atoms with Gasteiger partial charge in [-0.3, -0.25) is 4.79 Å². The number of aromatic nitrogens is 3. The van der Waals surface area contributed by atoms with Gasteiger partial charge < -0.3 is 5.32 Å². The van der Waals surface area contributed by atoms with Gasteiger partial charge >= 0.3 is 0 Å². The maximum absolute atomic E-state index is 11.7. The van der Waals surface area contributed by atoms with Crippen LogP contribution in [-0.2, 0) is 0 Å². The maximum atomic E-state index is 11.7. The third-order valence-electron chi connectivity index (χ3n) is 1.86. The van der Waals surface area contributed by atoms with Crippen LogP contribution in [0.3, 0.4) is 0 Å². The Bertz CT molecular complexity index is 529. The molecule has 0 unspecified atom stereocenters. The minimum atomic E-state index is -0.304. The predicted molar refractivity (Wildman–Crippen MR) is 66.9 cm³/mol. The quantitative estimate of drug-likeness (QED) is 0.865. The Labute approximate surface area is 110 Å². The molecule has 2 heterocycles. The molecule has 0 atom stereocenters. The Hall–Kier alpha value is -1.53. The molecule has 0 aromatic carbocycles. The van der Waals surface area contributed by atoms with Gasteiger partial charge in [0.15, 0.2) is 11.0 Å². The number of amides is 1. The van der Waals surface area contributed by atoms with Crippen LogP contribution in [0, 0.1) is 0 Å². The minimum absolute atomic E-state index is 0.272. The summed E-state index contributed by atoms with van der Waals surface area (Å²) in [5.74, 6) is 0.0314. The fraction of sp³-hybridized carbons (Fsp3) is 0. The maximum Gasteiger partial charge on any atom is 0.258 e. The Morgan fingerprint density at radius 2 is 2.06 bits per heavy atom. The second kappa shape index (κ2) is 5.20. The van der Waals surface area contributed by atoms with Crippen molar-refractivity contribution in [3.8, 4) is 0 Å². The Kier molecular flexibility index (Phi) is 3.65. The zero-order valence-electron chi connectivity index (χ0n) is 8.39. The highest BCUT2D eigenvalue weighted by molar-refractivity contribution is 9.10. The molecule has 0 saturated heterocycles. The predicted octanol–water partition coefficient (Wildman–Crippen LogP) is 2.54. The van der Waals surface area contributed by atoms with E-state index in [1.54, 1.807) is 24.3 Å². The van der Waals surface area contributed by atoms with Crippen molar-refractivity contribution >= 4 is 39.3 Å². The summed E-state index contributed by atoms with van der Waals surface area (Å²) in [6.07, 6.45) is 1.46. The number of halogens is 2. The number of hydrogen-bond acceptors (Lipinski definition) is 4. The van der Waals surface area contributed by atoms with Crippen LogP contribution in [0.1, 0.15) is 10.4 Å². The third-order valence-corrected chi connectivity index (χ3v) is 2.53. The summed E-state index contributed by atoms with van der Waals surface area (Å²) in [5, 5.41) is 10.2. The molecule has 0 radical (unpaired) electrons. The number of carbonyl (C=O) groups is 1. The number of carbonyl (C=O) groups excluding carboxylic acids is 1. The number of nitrogens with zero attached hydrogens (tertiary/aromatic N) is 3. The average molecular weight is 314 g/mol. The zero-order chi connectivity index (χ0) is 12.3. The monoisotopic (exact) mass is 312 g/mol. The summed E-state index contributed by atoms with van der Waals surface area (Å²) in [4.78, 5) is 15.7. The first kappa shape index (κ1) is 11.9. The normalized spacial score (nSPS) is 10.0. The Morgan fingerprint density at radius 1 is 1.24 bits per heavy atom. The van der Waals surface area contributed by atoms with Crippen molar-refractivity contribution in [1.29, 1.82) is 0 Å². The number of hydrogen-bond donors (Lipinski definition) is 1. The van der Waals surface area contributed by atoms with Gasteiger partial charge in [0.05, 0.1) is 5.56 Å². The molecule has 0 bridgehead atoms. The lowest BCUT2D eigenvalue weighted by Gasteiger charge is -2.03. The van der Waals surface area contributed by atoms with Crippen molar-refractivity contribution < 1.29 is 4.79 Å². The first-order chi connectivity index (χ1) is 8.15. The van der Waals surface area contributed by atoms with Crippen LogP contribution in [-0.4, -0.2) is 21.1 Å². The lowest BCUT2D eigenvalue weighted by Crippen LogP contribution is -2.13. The Morgan fingerprint density at radius 3 is 2.65 bits per heavy atom. The van der Waals surface area contributed by atoms with Crippen molar-refractivity contribution in [3.05, 3.63) is 45.8 Å².